The van der Waals surface area contributed by atoms with Gasteiger partial charge in [0.05, 0.1) is 6.10 Å². The molecule has 6 heteroatoms. The smallest absolute Gasteiger partial charge is 0.410 e. The fourth-order valence-electron chi connectivity index (χ4n) is 8.46. The first kappa shape index (κ1) is 27.7. The van der Waals surface area contributed by atoms with E-state index in [0.29, 0.717) is 37.3 Å². The number of aliphatic hydroxyl groups is 1. The predicted molar refractivity (Wildman–Crippen MR) is 156 cm³/mol. The monoisotopic (exact) mass is 546 g/mol. The van der Waals surface area contributed by atoms with Crippen molar-refractivity contribution in [2.24, 2.45) is 17.3 Å². The van der Waals surface area contributed by atoms with Gasteiger partial charge in [0.25, 0.3) is 0 Å². The average molecular weight is 547 g/mol. The second kappa shape index (κ2) is 10.4. The summed E-state index contributed by atoms with van der Waals surface area (Å²) < 4.78 is 5.55. The van der Waals surface area contributed by atoms with E-state index >= 15 is 0 Å². The molecule has 1 aromatic rings. The molecule has 5 unspecified atom stereocenters. The fourth-order valence-corrected chi connectivity index (χ4v) is 8.46. The Bertz CT molecular complexity index is 1220. The van der Waals surface area contributed by atoms with Crippen LogP contribution in [0.15, 0.2) is 47.1 Å². The van der Waals surface area contributed by atoms with Crippen molar-refractivity contribution in [3.05, 3.63) is 58.2 Å². The molecule has 1 amide bonds. The highest BCUT2D eigenvalue weighted by atomic mass is 16.6. The number of ketones is 1. The van der Waals surface area contributed by atoms with Gasteiger partial charge in [-0.3, -0.25) is 9.69 Å². The number of fused-ring (bicyclic) bond motifs is 4. The Morgan fingerprint density at radius 2 is 1.75 bits per heavy atom. The number of hydrogen-bond donors (Lipinski definition) is 1. The first-order valence-electron chi connectivity index (χ1n) is 15.5. The molecule has 0 radical (unpaired) electrons. The highest BCUT2D eigenvalue weighted by molar-refractivity contribution is 5.93. The molecule has 3 fully saturated rings. The minimum Gasteiger partial charge on any atom is -0.444 e. The number of carbonyl (C=O) groups excluding carboxylic acids is 2. The highest BCUT2D eigenvalue weighted by Gasteiger charge is 2.56. The minimum atomic E-state index is -0.469. The lowest BCUT2D eigenvalue weighted by molar-refractivity contribution is -0.114. The summed E-state index contributed by atoms with van der Waals surface area (Å²) in [5.41, 5.74) is 6.47. The lowest BCUT2D eigenvalue weighted by Crippen LogP contribution is -2.49. The van der Waals surface area contributed by atoms with Gasteiger partial charge in [-0.2, -0.15) is 0 Å². The number of benzene rings is 1. The van der Waals surface area contributed by atoms with Gasteiger partial charge in [-0.15, -0.1) is 0 Å². The molecule has 2 saturated carbocycles. The van der Waals surface area contributed by atoms with Crippen LogP contribution in [0.3, 0.4) is 0 Å². The topological polar surface area (TPSA) is 70.1 Å². The third-order valence-corrected chi connectivity index (χ3v) is 10.5. The lowest BCUT2D eigenvalue weighted by Gasteiger charge is -2.52. The molecule has 1 aliphatic heterocycles. The summed E-state index contributed by atoms with van der Waals surface area (Å²) in [4.78, 5) is 28.9. The van der Waals surface area contributed by atoms with Crippen LogP contribution in [0.2, 0.25) is 0 Å². The van der Waals surface area contributed by atoms with Gasteiger partial charge < -0.3 is 14.7 Å². The number of allylic oxidation sites excluding steroid dienone is 4. The van der Waals surface area contributed by atoms with Crippen molar-refractivity contribution in [3.8, 4) is 0 Å². The van der Waals surface area contributed by atoms with Crippen molar-refractivity contribution in [2.45, 2.75) is 96.8 Å². The zero-order chi connectivity index (χ0) is 28.2. The Kier molecular flexibility index (Phi) is 7.23. The van der Waals surface area contributed by atoms with Crippen LogP contribution in [-0.4, -0.2) is 64.7 Å². The van der Waals surface area contributed by atoms with Gasteiger partial charge in [-0.1, -0.05) is 36.8 Å². The zero-order valence-electron chi connectivity index (χ0n) is 24.7. The van der Waals surface area contributed by atoms with Crippen LogP contribution in [0, 0.1) is 17.3 Å². The number of piperazine rings is 1. The van der Waals surface area contributed by atoms with Gasteiger partial charge in [0.2, 0.25) is 0 Å². The van der Waals surface area contributed by atoms with Crippen molar-refractivity contribution in [1.82, 2.24) is 9.80 Å². The molecule has 5 aliphatic rings. The number of carbonyl (C=O) groups is 2. The van der Waals surface area contributed by atoms with Crippen LogP contribution in [0.25, 0.3) is 0 Å². The van der Waals surface area contributed by atoms with Crippen LogP contribution in [-0.2, 0) is 16.1 Å². The van der Waals surface area contributed by atoms with Gasteiger partial charge in [0.1, 0.15) is 5.60 Å². The molecule has 1 aromatic carbocycles. The molecule has 1 heterocycles. The van der Waals surface area contributed by atoms with E-state index in [9.17, 15) is 14.7 Å². The quantitative estimate of drug-likeness (QED) is 0.504. The SMILES string of the molecule is CC(C)(C)OC(=O)N1CCN(Cc2ccc(C3CC4(C)C(O)CCC4C4CCC5=CC(=O)CCC5=C34)cc2)CC1. The summed E-state index contributed by atoms with van der Waals surface area (Å²) in [6.45, 7) is 12.0. The third-order valence-electron chi connectivity index (χ3n) is 10.5. The predicted octanol–water partition coefficient (Wildman–Crippen LogP) is 6.00. The zero-order valence-corrected chi connectivity index (χ0v) is 24.7. The number of amides is 1. The standard InChI is InChI=1S/C34H46N2O4/c1-33(2,3)40-32(39)36-17-15-35(16-18-36)21-22-5-7-23(8-6-22)28-20-34(4)29(13-14-30(34)38)27-11-9-24-19-25(37)10-12-26(24)31(27)28/h5-8,19,27-30,38H,9-18,20-21H2,1-4H3. The summed E-state index contributed by atoms with van der Waals surface area (Å²) in [5.74, 6) is 1.64. The number of rotatable bonds is 3. The molecule has 6 rings (SSSR count). The Morgan fingerprint density at radius 1 is 1.02 bits per heavy atom. The molecule has 0 bridgehead atoms. The van der Waals surface area contributed by atoms with Crippen LogP contribution in [0.1, 0.15) is 89.7 Å². The normalized spacial score (nSPS) is 32.8. The minimum absolute atomic E-state index is 0.0441. The maximum Gasteiger partial charge on any atom is 0.410 e. The molecule has 216 valence electrons. The number of aliphatic hydroxyl groups excluding tert-OH is 1. The third kappa shape index (κ3) is 5.18. The van der Waals surface area contributed by atoms with Crippen molar-refractivity contribution >= 4 is 11.9 Å². The largest absolute Gasteiger partial charge is 0.444 e. The molecule has 1 N–H and O–H groups in total. The number of hydrogen-bond acceptors (Lipinski definition) is 5. The molecular formula is C34H46N2O4. The molecule has 0 aromatic heterocycles. The molecule has 4 aliphatic carbocycles. The number of ether oxygens (including phenoxy) is 1. The van der Waals surface area contributed by atoms with Crippen LogP contribution >= 0.6 is 0 Å². The van der Waals surface area contributed by atoms with E-state index < -0.39 is 5.60 Å². The van der Waals surface area contributed by atoms with E-state index in [1.54, 1.807) is 5.57 Å². The summed E-state index contributed by atoms with van der Waals surface area (Å²) in [6.07, 6.45) is 8.12. The Morgan fingerprint density at radius 3 is 2.45 bits per heavy atom. The van der Waals surface area contributed by atoms with Crippen molar-refractivity contribution in [1.29, 1.82) is 0 Å². The summed E-state index contributed by atoms with van der Waals surface area (Å²) >= 11 is 0. The van der Waals surface area contributed by atoms with Gasteiger partial charge in [-0.25, -0.2) is 4.79 Å². The Labute approximate surface area is 239 Å². The van der Waals surface area contributed by atoms with E-state index in [1.807, 2.05) is 31.7 Å². The molecule has 5 atom stereocenters. The van der Waals surface area contributed by atoms with E-state index in [1.165, 1.54) is 22.3 Å². The van der Waals surface area contributed by atoms with Gasteiger partial charge in [-0.05, 0) is 105 Å². The second-order valence-electron chi connectivity index (χ2n) is 14.2. The van der Waals surface area contributed by atoms with E-state index in [-0.39, 0.29) is 23.4 Å². The van der Waals surface area contributed by atoms with Crippen LogP contribution < -0.4 is 0 Å². The van der Waals surface area contributed by atoms with E-state index in [4.69, 9.17) is 4.74 Å². The van der Waals surface area contributed by atoms with Crippen LogP contribution in [0.4, 0.5) is 4.79 Å². The second-order valence-corrected chi connectivity index (χ2v) is 14.2. The Hall–Kier alpha value is -2.44. The lowest BCUT2D eigenvalue weighted by atomic mass is 9.53. The van der Waals surface area contributed by atoms with Crippen molar-refractivity contribution < 1.29 is 19.4 Å². The highest BCUT2D eigenvalue weighted by Crippen LogP contribution is 2.63. The van der Waals surface area contributed by atoms with Gasteiger partial charge in [0.15, 0.2) is 5.78 Å². The molecule has 6 nitrogen and oxygen atoms in total. The fraction of sp³-hybridized carbons (Fsp3) is 0.647. The summed E-state index contributed by atoms with van der Waals surface area (Å²) in [6, 6.07) is 9.19. The Balaban J connectivity index is 1.19. The molecular weight excluding hydrogens is 500 g/mol. The van der Waals surface area contributed by atoms with Crippen molar-refractivity contribution in [2.75, 3.05) is 26.2 Å². The van der Waals surface area contributed by atoms with Gasteiger partial charge >= 0.3 is 6.09 Å². The first-order valence-corrected chi connectivity index (χ1v) is 15.5. The molecule has 1 saturated heterocycles. The van der Waals surface area contributed by atoms with Crippen LogP contribution in [0.5, 0.6) is 0 Å². The van der Waals surface area contributed by atoms with Gasteiger partial charge in [0, 0.05) is 45.1 Å². The number of nitrogens with zero attached hydrogens (tertiary/aromatic N) is 2. The summed E-state index contributed by atoms with van der Waals surface area (Å²) in [7, 11) is 0. The maximum absolute atomic E-state index is 12.4. The molecule has 40 heavy (non-hydrogen) atoms. The summed E-state index contributed by atoms with van der Waals surface area (Å²) in [5, 5.41) is 11.1. The van der Waals surface area contributed by atoms with Crippen molar-refractivity contribution in [3.63, 3.8) is 0 Å². The molecule has 0 spiro atoms. The first-order chi connectivity index (χ1) is 19.0. The van der Waals surface area contributed by atoms with E-state index in [0.717, 1.165) is 58.2 Å². The van der Waals surface area contributed by atoms with E-state index in [2.05, 4.69) is 36.1 Å². The average Bonchev–Trinajstić information content (AvgIpc) is 3.21. The maximum atomic E-state index is 12.4.